The van der Waals surface area contributed by atoms with Crippen molar-refractivity contribution in [2.45, 2.75) is 0 Å². The molecule has 0 aliphatic heterocycles. The normalized spacial score (nSPS) is 10.7. The highest BCUT2D eigenvalue weighted by molar-refractivity contribution is 6.32. The lowest BCUT2D eigenvalue weighted by Gasteiger charge is -2.12. The van der Waals surface area contributed by atoms with Gasteiger partial charge >= 0.3 is 5.97 Å². The van der Waals surface area contributed by atoms with Crippen molar-refractivity contribution in [3.63, 3.8) is 0 Å². The SMILES string of the molecule is COC(=O)c1ccc(Nc2ncc(Cl)c(-c3cnc4ccccn34)n2)c(OC)c1. The molecular formula is C20H16ClN5O3. The van der Waals surface area contributed by atoms with E-state index in [0.717, 1.165) is 11.3 Å². The van der Waals surface area contributed by atoms with Crippen LogP contribution < -0.4 is 10.1 Å². The molecule has 3 aromatic heterocycles. The summed E-state index contributed by atoms with van der Waals surface area (Å²) in [5.74, 6) is 0.315. The summed E-state index contributed by atoms with van der Waals surface area (Å²) >= 11 is 6.35. The molecule has 0 radical (unpaired) electrons. The van der Waals surface area contributed by atoms with Crippen LogP contribution >= 0.6 is 11.6 Å². The highest BCUT2D eigenvalue weighted by Crippen LogP contribution is 2.31. The molecule has 0 aliphatic rings. The molecule has 0 fully saturated rings. The average molecular weight is 410 g/mol. The molecule has 1 aromatic carbocycles. The van der Waals surface area contributed by atoms with Gasteiger partial charge in [-0.15, -0.1) is 0 Å². The third kappa shape index (κ3) is 3.57. The Kier molecular flexibility index (Phi) is 5.01. The molecule has 0 atom stereocenters. The molecule has 29 heavy (non-hydrogen) atoms. The number of imidazole rings is 1. The minimum atomic E-state index is -0.451. The van der Waals surface area contributed by atoms with E-state index in [1.165, 1.54) is 20.4 Å². The first-order valence-electron chi connectivity index (χ1n) is 8.59. The number of carbonyl (C=O) groups excluding carboxylic acids is 1. The smallest absolute Gasteiger partial charge is 0.337 e. The lowest BCUT2D eigenvalue weighted by atomic mass is 10.2. The number of methoxy groups -OCH3 is 2. The van der Waals surface area contributed by atoms with E-state index >= 15 is 0 Å². The predicted octanol–water partition coefficient (Wildman–Crippen LogP) is 3.98. The van der Waals surface area contributed by atoms with Crippen LogP contribution in [0, 0.1) is 0 Å². The van der Waals surface area contributed by atoms with Gasteiger partial charge < -0.3 is 14.8 Å². The first-order chi connectivity index (χ1) is 14.1. The number of nitrogens with zero attached hydrogens (tertiary/aromatic N) is 4. The fourth-order valence-corrected chi connectivity index (χ4v) is 3.06. The number of benzene rings is 1. The monoisotopic (exact) mass is 409 g/mol. The van der Waals surface area contributed by atoms with Crippen molar-refractivity contribution in [2.75, 3.05) is 19.5 Å². The first kappa shape index (κ1) is 18.7. The summed E-state index contributed by atoms with van der Waals surface area (Å²) in [5.41, 5.74) is 3.02. The van der Waals surface area contributed by atoms with Gasteiger partial charge in [0.25, 0.3) is 0 Å². The maximum Gasteiger partial charge on any atom is 0.337 e. The lowest BCUT2D eigenvalue weighted by Crippen LogP contribution is -2.04. The quantitative estimate of drug-likeness (QED) is 0.498. The Labute approximate surface area is 171 Å². The fourth-order valence-electron chi connectivity index (χ4n) is 2.87. The topological polar surface area (TPSA) is 90.6 Å². The van der Waals surface area contributed by atoms with Gasteiger partial charge in [0.15, 0.2) is 0 Å². The molecule has 8 nitrogen and oxygen atoms in total. The summed E-state index contributed by atoms with van der Waals surface area (Å²) in [6.07, 6.45) is 5.11. The first-order valence-corrected chi connectivity index (χ1v) is 8.97. The zero-order valence-corrected chi connectivity index (χ0v) is 16.3. The van der Waals surface area contributed by atoms with Crippen LogP contribution in [0.4, 0.5) is 11.6 Å². The van der Waals surface area contributed by atoms with Crippen molar-refractivity contribution in [2.24, 2.45) is 0 Å². The number of aromatic nitrogens is 4. The van der Waals surface area contributed by atoms with E-state index in [9.17, 15) is 4.79 Å². The van der Waals surface area contributed by atoms with Gasteiger partial charge in [0.1, 0.15) is 17.1 Å². The molecule has 0 amide bonds. The van der Waals surface area contributed by atoms with Crippen molar-refractivity contribution in [1.29, 1.82) is 0 Å². The van der Waals surface area contributed by atoms with Gasteiger partial charge in [-0.1, -0.05) is 17.7 Å². The van der Waals surface area contributed by atoms with E-state index in [4.69, 9.17) is 21.1 Å². The number of hydrogen-bond donors (Lipinski definition) is 1. The van der Waals surface area contributed by atoms with Crippen LogP contribution in [0.5, 0.6) is 5.75 Å². The van der Waals surface area contributed by atoms with E-state index in [2.05, 4.69) is 20.3 Å². The number of halogens is 1. The Morgan fingerprint density at radius 2 is 2.00 bits per heavy atom. The number of rotatable bonds is 5. The zero-order valence-electron chi connectivity index (χ0n) is 15.6. The second kappa shape index (κ2) is 7.76. The number of esters is 1. The molecule has 0 aliphatic carbocycles. The molecule has 3 heterocycles. The van der Waals surface area contributed by atoms with Crippen LogP contribution in [0.15, 0.2) is 55.0 Å². The number of pyridine rings is 1. The van der Waals surface area contributed by atoms with Crippen LogP contribution in [-0.2, 0) is 4.74 Å². The minimum Gasteiger partial charge on any atom is -0.495 e. The zero-order chi connectivity index (χ0) is 20.4. The van der Waals surface area contributed by atoms with E-state index < -0.39 is 5.97 Å². The highest BCUT2D eigenvalue weighted by atomic mass is 35.5. The summed E-state index contributed by atoms with van der Waals surface area (Å²) in [4.78, 5) is 24.9. The third-order valence-electron chi connectivity index (χ3n) is 4.27. The number of carbonyl (C=O) groups is 1. The van der Waals surface area contributed by atoms with Crippen molar-refractivity contribution >= 4 is 34.9 Å². The Morgan fingerprint density at radius 1 is 1.14 bits per heavy atom. The van der Waals surface area contributed by atoms with Crippen LogP contribution in [-0.4, -0.2) is 39.5 Å². The molecule has 1 N–H and O–H groups in total. The Balaban J connectivity index is 1.71. The standard InChI is InChI=1S/C20H16ClN5O3/c1-28-16-9-12(19(27)29-2)6-7-14(16)24-20-23-10-13(21)18(25-20)15-11-22-17-5-3-4-8-26(15)17/h3-11H,1-2H3,(H,23,24,25). The summed E-state index contributed by atoms with van der Waals surface area (Å²) in [6.45, 7) is 0. The number of nitrogens with one attached hydrogen (secondary N) is 1. The van der Waals surface area contributed by atoms with Gasteiger partial charge in [0, 0.05) is 6.20 Å². The molecular weight excluding hydrogens is 394 g/mol. The molecule has 9 heteroatoms. The summed E-state index contributed by atoms with van der Waals surface area (Å²) in [5, 5.41) is 3.49. The number of fused-ring (bicyclic) bond motifs is 1. The largest absolute Gasteiger partial charge is 0.495 e. The summed E-state index contributed by atoms with van der Waals surface area (Å²) < 4.78 is 12.0. The van der Waals surface area contributed by atoms with Crippen molar-refractivity contribution < 1.29 is 14.3 Å². The molecule has 0 unspecified atom stereocenters. The van der Waals surface area contributed by atoms with Gasteiger partial charge in [-0.2, -0.15) is 0 Å². The molecule has 4 aromatic rings. The lowest BCUT2D eigenvalue weighted by molar-refractivity contribution is 0.0600. The molecule has 146 valence electrons. The summed E-state index contributed by atoms with van der Waals surface area (Å²) in [7, 11) is 2.83. The Morgan fingerprint density at radius 3 is 2.79 bits per heavy atom. The van der Waals surface area contributed by atoms with Crippen LogP contribution in [0.2, 0.25) is 5.02 Å². The third-order valence-corrected chi connectivity index (χ3v) is 4.55. The minimum absolute atomic E-state index is 0.319. The average Bonchev–Trinajstić information content (AvgIpc) is 3.18. The van der Waals surface area contributed by atoms with E-state index in [0.29, 0.717) is 33.7 Å². The van der Waals surface area contributed by atoms with Crippen molar-refractivity contribution in [1.82, 2.24) is 19.4 Å². The number of ether oxygens (including phenoxy) is 2. The Hall–Kier alpha value is -3.65. The maximum atomic E-state index is 11.7. The molecule has 0 saturated heterocycles. The maximum absolute atomic E-state index is 11.7. The number of anilines is 2. The van der Waals surface area contributed by atoms with Gasteiger partial charge in [0.2, 0.25) is 5.95 Å². The van der Waals surface area contributed by atoms with E-state index in [1.54, 1.807) is 24.4 Å². The number of hydrogen-bond acceptors (Lipinski definition) is 7. The molecule has 4 rings (SSSR count). The predicted molar refractivity (Wildman–Crippen MR) is 109 cm³/mol. The van der Waals surface area contributed by atoms with Crippen LogP contribution in [0.1, 0.15) is 10.4 Å². The van der Waals surface area contributed by atoms with E-state index in [-0.39, 0.29) is 0 Å². The van der Waals surface area contributed by atoms with Crippen LogP contribution in [0.25, 0.3) is 17.0 Å². The molecule has 0 saturated carbocycles. The van der Waals surface area contributed by atoms with Crippen molar-refractivity contribution in [3.05, 3.63) is 65.6 Å². The van der Waals surface area contributed by atoms with Gasteiger partial charge in [-0.25, -0.2) is 19.7 Å². The van der Waals surface area contributed by atoms with Crippen molar-refractivity contribution in [3.8, 4) is 17.1 Å². The van der Waals surface area contributed by atoms with Gasteiger partial charge in [-0.05, 0) is 30.3 Å². The summed E-state index contributed by atoms with van der Waals surface area (Å²) in [6, 6.07) is 10.6. The molecule has 0 spiro atoms. The second-order valence-corrected chi connectivity index (χ2v) is 6.40. The van der Waals surface area contributed by atoms with Gasteiger partial charge in [-0.3, -0.25) is 4.40 Å². The van der Waals surface area contributed by atoms with Crippen LogP contribution in [0.3, 0.4) is 0 Å². The molecule has 0 bridgehead atoms. The van der Waals surface area contributed by atoms with E-state index in [1.807, 2.05) is 28.8 Å². The van der Waals surface area contributed by atoms with Gasteiger partial charge in [0.05, 0.1) is 48.6 Å². The highest BCUT2D eigenvalue weighted by Gasteiger charge is 2.15. The Bertz CT molecular complexity index is 1210. The fraction of sp³-hybridized carbons (Fsp3) is 0.100. The second-order valence-electron chi connectivity index (χ2n) is 5.99.